The van der Waals surface area contributed by atoms with Gasteiger partial charge in [0.1, 0.15) is 0 Å². The fourth-order valence-corrected chi connectivity index (χ4v) is 4.04. The van der Waals surface area contributed by atoms with Gasteiger partial charge in [0.25, 0.3) is 0 Å². The average Bonchev–Trinajstić information content (AvgIpc) is 3.13. The molecule has 1 amide bonds. The molecule has 1 heterocycles. The van der Waals surface area contributed by atoms with E-state index in [1.165, 1.54) is 19.3 Å². The Morgan fingerprint density at radius 2 is 2.00 bits per heavy atom. The highest BCUT2D eigenvalue weighted by atomic mass is 16.5. The molecule has 0 spiro atoms. The average molecular weight is 381 g/mol. The second-order valence-corrected chi connectivity index (χ2v) is 8.36. The van der Waals surface area contributed by atoms with E-state index in [1.807, 2.05) is 18.7 Å². The molecule has 0 bridgehead atoms. The molecule has 0 radical (unpaired) electrons. The Bertz CT molecular complexity index is 487. The van der Waals surface area contributed by atoms with Crippen molar-refractivity contribution >= 4 is 11.9 Å². The topological polar surface area (TPSA) is 66.0 Å². The van der Waals surface area contributed by atoms with Gasteiger partial charge in [0.15, 0.2) is 5.96 Å². The van der Waals surface area contributed by atoms with Gasteiger partial charge in [0, 0.05) is 38.2 Å². The van der Waals surface area contributed by atoms with Gasteiger partial charge in [-0.25, -0.2) is 0 Å². The largest absolute Gasteiger partial charge is 0.373 e. The maximum atomic E-state index is 12.2. The fraction of sp³-hybridized carbons (Fsp3) is 0.905. The van der Waals surface area contributed by atoms with E-state index < -0.39 is 0 Å². The number of rotatable bonds is 8. The lowest BCUT2D eigenvalue weighted by Crippen LogP contribution is -2.47. The minimum Gasteiger partial charge on any atom is -0.373 e. The van der Waals surface area contributed by atoms with Crippen LogP contribution < -0.4 is 10.6 Å². The summed E-state index contributed by atoms with van der Waals surface area (Å²) < 4.78 is 6.28. The van der Waals surface area contributed by atoms with Crippen LogP contribution in [0.15, 0.2) is 4.99 Å². The minimum absolute atomic E-state index is 0.0625. The lowest BCUT2D eigenvalue weighted by molar-refractivity contribution is -0.133. The first-order valence-electron chi connectivity index (χ1n) is 11.0. The number of carbonyl (C=O) groups is 1. The van der Waals surface area contributed by atoms with Crippen LogP contribution in [0.25, 0.3) is 0 Å². The third-order valence-electron chi connectivity index (χ3n) is 5.58. The summed E-state index contributed by atoms with van der Waals surface area (Å²) in [5, 5.41) is 6.91. The zero-order chi connectivity index (χ0) is 19.7. The van der Waals surface area contributed by atoms with E-state index in [0.717, 1.165) is 57.9 Å². The summed E-state index contributed by atoms with van der Waals surface area (Å²) in [6, 6.07) is 0.268. The molecule has 1 aliphatic carbocycles. The van der Waals surface area contributed by atoms with Crippen molar-refractivity contribution in [1.29, 1.82) is 0 Å². The Morgan fingerprint density at radius 1 is 1.26 bits per heavy atom. The van der Waals surface area contributed by atoms with Crippen molar-refractivity contribution in [3.63, 3.8) is 0 Å². The predicted molar refractivity (Wildman–Crippen MR) is 111 cm³/mol. The van der Waals surface area contributed by atoms with Crippen LogP contribution in [-0.2, 0) is 9.53 Å². The van der Waals surface area contributed by atoms with Crippen LogP contribution in [0.4, 0.5) is 0 Å². The van der Waals surface area contributed by atoms with Crippen molar-refractivity contribution in [1.82, 2.24) is 15.5 Å². The summed E-state index contributed by atoms with van der Waals surface area (Å²) in [5.74, 6) is 1.16. The highest BCUT2D eigenvalue weighted by Gasteiger charge is 2.33. The number of amides is 1. The lowest BCUT2D eigenvalue weighted by Gasteiger charge is -2.36. The van der Waals surface area contributed by atoms with E-state index in [4.69, 9.17) is 9.73 Å². The molecule has 6 heteroatoms. The summed E-state index contributed by atoms with van der Waals surface area (Å²) in [7, 11) is 0. The SMILES string of the molecule is CCCOC1(CN=C(NCC)NC2CCN(C(=O)C(C)C)C2)CCCCC1. The van der Waals surface area contributed by atoms with Crippen molar-refractivity contribution in [2.45, 2.75) is 84.3 Å². The number of ether oxygens (including phenoxy) is 1. The lowest BCUT2D eigenvalue weighted by atomic mass is 9.84. The van der Waals surface area contributed by atoms with E-state index in [-0.39, 0.29) is 23.5 Å². The number of nitrogens with one attached hydrogen (secondary N) is 2. The molecule has 2 fully saturated rings. The molecule has 1 saturated heterocycles. The van der Waals surface area contributed by atoms with Crippen molar-refractivity contribution in [3.8, 4) is 0 Å². The zero-order valence-corrected chi connectivity index (χ0v) is 17.9. The molecule has 0 aromatic rings. The smallest absolute Gasteiger partial charge is 0.225 e. The molecule has 1 saturated carbocycles. The van der Waals surface area contributed by atoms with Gasteiger partial charge in [-0.15, -0.1) is 0 Å². The normalized spacial score (nSPS) is 22.9. The number of carbonyl (C=O) groups excluding carboxylic acids is 1. The Balaban J connectivity index is 1.95. The molecule has 2 aliphatic rings. The van der Waals surface area contributed by atoms with Crippen molar-refractivity contribution in [2.24, 2.45) is 10.9 Å². The van der Waals surface area contributed by atoms with Gasteiger partial charge in [-0.1, -0.05) is 40.0 Å². The van der Waals surface area contributed by atoms with E-state index in [9.17, 15) is 4.79 Å². The second kappa shape index (κ2) is 10.9. The molecule has 2 N–H and O–H groups in total. The number of likely N-dealkylation sites (tertiary alicyclic amines) is 1. The van der Waals surface area contributed by atoms with Gasteiger partial charge in [-0.3, -0.25) is 9.79 Å². The molecule has 27 heavy (non-hydrogen) atoms. The van der Waals surface area contributed by atoms with Crippen LogP contribution in [0.3, 0.4) is 0 Å². The first-order chi connectivity index (χ1) is 13.0. The van der Waals surface area contributed by atoms with Crippen LogP contribution in [0.5, 0.6) is 0 Å². The quantitative estimate of drug-likeness (QED) is 0.502. The molecule has 6 nitrogen and oxygen atoms in total. The molecule has 1 atom stereocenters. The van der Waals surface area contributed by atoms with Crippen LogP contribution >= 0.6 is 0 Å². The first-order valence-corrected chi connectivity index (χ1v) is 11.0. The third-order valence-corrected chi connectivity index (χ3v) is 5.58. The monoisotopic (exact) mass is 380 g/mol. The third kappa shape index (κ3) is 6.66. The van der Waals surface area contributed by atoms with E-state index >= 15 is 0 Å². The Labute approximate surface area is 165 Å². The molecule has 2 rings (SSSR count). The maximum Gasteiger partial charge on any atom is 0.225 e. The van der Waals surface area contributed by atoms with Gasteiger partial charge >= 0.3 is 0 Å². The van der Waals surface area contributed by atoms with Crippen LogP contribution in [-0.4, -0.2) is 61.2 Å². The molecule has 0 aromatic carbocycles. The van der Waals surface area contributed by atoms with Gasteiger partial charge in [-0.05, 0) is 32.6 Å². The van der Waals surface area contributed by atoms with Crippen LogP contribution in [0, 0.1) is 5.92 Å². The van der Waals surface area contributed by atoms with Gasteiger partial charge < -0.3 is 20.3 Å². The number of hydrogen-bond donors (Lipinski definition) is 2. The zero-order valence-electron chi connectivity index (χ0n) is 17.9. The summed E-state index contributed by atoms with van der Waals surface area (Å²) in [6.45, 7) is 12.1. The number of guanidine groups is 1. The fourth-order valence-electron chi connectivity index (χ4n) is 4.04. The highest BCUT2D eigenvalue weighted by molar-refractivity contribution is 5.81. The van der Waals surface area contributed by atoms with E-state index in [2.05, 4.69) is 24.5 Å². The molecular weight excluding hydrogens is 340 g/mol. The predicted octanol–water partition coefficient (Wildman–Crippen LogP) is 2.93. The molecule has 0 aromatic heterocycles. The van der Waals surface area contributed by atoms with Gasteiger partial charge in [0.2, 0.25) is 5.91 Å². The van der Waals surface area contributed by atoms with Crippen molar-refractivity contribution < 1.29 is 9.53 Å². The highest BCUT2D eigenvalue weighted by Crippen LogP contribution is 2.32. The Hall–Kier alpha value is -1.30. The Morgan fingerprint density at radius 3 is 2.63 bits per heavy atom. The number of hydrogen-bond acceptors (Lipinski definition) is 3. The second-order valence-electron chi connectivity index (χ2n) is 8.36. The first kappa shape index (κ1) is 22.0. The molecule has 1 unspecified atom stereocenters. The number of aliphatic imine (C=N–C) groups is 1. The maximum absolute atomic E-state index is 12.2. The van der Waals surface area contributed by atoms with Crippen LogP contribution in [0.2, 0.25) is 0 Å². The molecule has 1 aliphatic heterocycles. The summed E-state index contributed by atoms with van der Waals surface area (Å²) >= 11 is 0. The minimum atomic E-state index is -0.0913. The van der Waals surface area contributed by atoms with E-state index in [0.29, 0.717) is 6.54 Å². The van der Waals surface area contributed by atoms with Gasteiger partial charge in [0.05, 0.1) is 12.1 Å². The molecular formula is C21H40N4O2. The Kier molecular flexibility index (Phi) is 8.87. The van der Waals surface area contributed by atoms with E-state index in [1.54, 1.807) is 0 Å². The number of nitrogens with zero attached hydrogens (tertiary/aromatic N) is 2. The van der Waals surface area contributed by atoms with Crippen molar-refractivity contribution in [2.75, 3.05) is 32.8 Å². The standard InChI is InChI=1S/C21H40N4O2/c1-5-14-27-21(11-8-7-9-12-21)16-23-20(22-6-2)24-18-10-13-25(15-18)19(26)17(3)4/h17-18H,5-16H2,1-4H3,(H2,22,23,24). The summed E-state index contributed by atoms with van der Waals surface area (Å²) in [4.78, 5) is 19.1. The summed E-state index contributed by atoms with van der Waals surface area (Å²) in [6.07, 6.45) is 8.01. The summed E-state index contributed by atoms with van der Waals surface area (Å²) in [5.41, 5.74) is -0.0913. The molecule has 156 valence electrons. The van der Waals surface area contributed by atoms with Crippen molar-refractivity contribution in [3.05, 3.63) is 0 Å². The van der Waals surface area contributed by atoms with Gasteiger partial charge in [-0.2, -0.15) is 0 Å². The van der Waals surface area contributed by atoms with Crippen LogP contribution in [0.1, 0.15) is 72.6 Å².